The lowest BCUT2D eigenvalue weighted by Crippen LogP contribution is -2.40. The van der Waals surface area contributed by atoms with Gasteiger partial charge in [-0.05, 0) is 63.4 Å². The van der Waals surface area contributed by atoms with Crippen LogP contribution in [0.4, 0.5) is 0 Å². The maximum Gasteiger partial charge on any atom is 0.253 e. The molecule has 0 atom stereocenters. The van der Waals surface area contributed by atoms with Gasteiger partial charge in [-0.3, -0.25) is 4.79 Å². The summed E-state index contributed by atoms with van der Waals surface area (Å²) in [5.41, 5.74) is 0.682. The van der Waals surface area contributed by atoms with Crippen molar-refractivity contribution in [2.45, 2.75) is 39.5 Å². The van der Waals surface area contributed by atoms with E-state index >= 15 is 0 Å². The molecule has 1 saturated heterocycles. The Morgan fingerprint density at radius 2 is 1.76 bits per heavy atom. The third kappa shape index (κ3) is 5.63. The van der Waals surface area contributed by atoms with Crippen LogP contribution in [0.2, 0.25) is 0 Å². The zero-order valence-electron chi connectivity index (χ0n) is 15.8. The van der Waals surface area contributed by atoms with Gasteiger partial charge in [0.05, 0.1) is 13.2 Å². The summed E-state index contributed by atoms with van der Waals surface area (Å²) in [5.74, 6) is 2.15. The summed E-state index contributed by atoms with van der Waals surface area (Å²) in [7, 11) is 1.98. The second-order valence-corrected chi connectivity index (χ2v) is 6.65. The summed E-state index contributed by atoms with van der Waals surface area (Å²) in [6.45, 7) is 8.08. The van der Waals surface area contributed by atoms with Gasteiger partial charge in [0.25, 0.3) is 5.91 Å². The highest BCUT2D eigenvalue weighted by Gasteiger charge is 2.24. The molecule has 2 rings (SSSR count). The molecule has 0 aromatic heterocycles. The minimum Gasteiger partial charge on any atom is -0.490 e. The van der Waals surface area contributed by atoms with Gasteiger partial charge in [-0.1, -0.05) is 13.8 Å². The van der Waals surface area contributed by atoms with Gasteiger partial charge < -0.3 is 19.7 Å². The lowest BCUT2D eigenvalue weighted by atomic mass is 9.96. The molecule has 0 radical (unpaired) electrons. The van der Waals surface area contributed by atoms with E-state index in [4.69, 9.17) is 9.47 Å². The van der Waals surface area contributed by atoms with Crippen LogP contribution in [-0.2, 0) is 0 Å². The van der Waals surface area contributed by atoms with Crippen molar-refractivity contribution >= 4 is 5.91 Å². The molecule has 1 aliphatic rings. The van der Waals surface area contributed by atoms with E-state index in [1.165, 1.54) is 0 Å². The van der Waals surface area contributed by atoms with E-state index in [0.717, 1.165) is 51.1 Å². The van der Waals surface area contributed by atoms with Crippen molar-refractivity contribution < 1.29 is 14.3 Å². The Hall–Kier alpha value is -1.75. The fourth-order valence-corrected chi connectivity index (χ4v) is 3.11. The fraction of sp³-hybridized carbons (Fsp3) is 0.650. The van der Waals surface area contributed by atoms with Crippen LogP contribution in [0.3, 0.4) is 0 Å². The number of carbonyl (C=O) groups excluding carboxylic acids is 1. The first-order valence-electron chi connectivity index (χ1n) is 9.53. The van der Waals surface area contributed by atoms with Crippen LogP contribution in [0.15, 0.2) is 18.2 Å². The highest BCUT2D eigenvalue weighted by Crippen LogP contribution is 2.30. The van der Waals surface area contributed by atoms with Gasteiger partial charge in [0.2, 0.25) is 0 Å². The Kier molecular flexibility index (Phi) is 8.06. The van der Waals surface area contributed by atoms with E-state index in [9.17, 15) is 4.79 Å². The van der Waals surface area contributed by atoms with Crippen molar-refractivity contribution in [1.29, 1.82) is 0 Å². The molecule has 0 aliphatic carbocycles. The van der Waals surface area contributed by atoms with Gasteiger partial charge in [0, 0.05) is 18.7 Å². The van der Waals surface area contributed by atoms with Crippen LogP contribution in [0, 0.1) is 5.92 Å². The van der Waals surface area contributed by atoms with Gasteiger partial charge in [-0.2, -0.15) is 0 Å². The average Bonchev–Trinajstić information content (AvgIpc) is 2.65. The highest BCUT2D eigenvalue weighted by molar-refractivity contribution is 5.95. The van der Waals surface area contributed by atoms with Crippen molar-refractivity contribution in [3.8, 4) is 11.5 Å². The molecule has 0 unspecified atom stereocenters. The summed E-state index contributed by atoms with van der Waals surface area (Å²) < 4.78 is 11.6. The second-order valence-electron chi connectivity index (χ2n) is 6.65. The van der Waals surface area contributed by atoms with Crippen molar-refractivity contribution in [3.05, 3.63) is 23.8 Å². The smallest absolute Gasteiger partial charge is 0.253 e. The minimum atomic E-state index is 0.0892. The average molecular weight is 348 g/mol. The molecule has 140 valence electrons. The van der Waals surface area contributed by atoms with Crippen molar-refractivity contribution in [3.63, 3.8) is 0 Å². The molecule has 0 bridgehead atoms. The van der Waals surface area contributed by atoms with Crippen molar-refractivity contribution in [2.24, 2.45) is 5.92 Å². The first kappa shape index (κ1) is 19.6. The van der Waals surface area contributed by atoms with E-state index in [0.29, 0.717) is 30.4 Å². The number of hydrogen-bond donors (Lipinski definition) is 1. The quantitative estimate of drug-likeness (QED) is 0.744. The van der Waals surface area contributed by atoms with E-state index in [-0.39, 0.29) is 5.91 Å². The van der Waals surface area contributed by atoms with E-state index < -0.39 is 0 Å². The molecular formula is C20H32N2O3. The number of hydrogen-bond acceptors (Lipinski definition) is 4. The first-order chi connectivity index (χ1) is 12.2. The summed E-state index contributed by atoms with van der Waals surface area (Å²) >= 11 is 0. The second kappa shape index (κ2) is 10.3. The van der Waals surface area contributed by atoms with E-state index in [1.807, 2.05) is 30.1 Å². The number of benzene rings is 1. The number of likely N-dealkylation sites (tertiary alicyclic amines) is 1. The van der Waals surface area contributed by atoms with Gasteiger partial charge in [-0.25, -0.2) is 0 Å². The van der Waals surface area contributed by atoms with Crippen molar-refractivity contribution in [2.75, 3.05) is 39.9 Å². The predicted molar refractivity (Wildman–Crippen MR) is 101 cm³/mol. The molecule has 0 saturated carbocycles. The molecule has 5 nitrogen and oxygen atoms in total. The molecule has 1 N–H and O–H groups in total. The SMILES string of the molecule is CCCOc1ccc(C(=O)N2CCC(CNC)CC2)cc1OCCC. The lowest BCUT2D eigenvalue weighted by Gasteiger charge is -2.32. The van der Waals surface area contributed by atoms with Gasteiger partial charge in [0.15, 0.2) is 11.5 Å². The number of nitrogens with zero attached hydrogens (tertiary/aromatic N) is 1. The molecule has 1 amide bonds. The Bertz CT molecular complexity index is 540. The van der Waals surface area contributed by atoms with Gasteiger partial charge in [-0.15, -0.1) is 0 Å². The summed E-state index contributed by atoms with van der Waals surface area (Å²) in [4.78, 5) is 14.8. The standard InChI is InChI=1S/C20H32N2O3/c1-4-12-24-18-7-6-17(14-19(18)25-13-5-2)20(23)22-10-8-16(9-11-22)15-21-3/h6-7,14,16,21H,4-5,8-13,15H2,1-3H3. The number of nitrogens with one attached hydrogen (secondary N) is 1. The molecule has 1 aromatic rings. The van der Waals surface area contributed by atoms with Crippen molar-refractivity contribution in [1.82, 2.24) is 10.2 Å². The summed E-state index contributed by atoms with van der Waals surface area (Å²) in [6.07, 6.45) is 3.98. The molecule has 1 aromatic carbocycles. The van der Waals surface area contributed by atoms with Crippen LogP contribution in [0.25, 0.3) is 0 Å². The number of piperidine rings is 1. The highest BCUT2D eigenvalue weighted by atomic mass is 16.5. The zero-order chi connectivity index (χ0) is 18.1. The third-order valence-corrected chi connectivity index (χ3v) is 4.51. The predicted octanol–water partition coefficient (Wildman–Crippen LogP) is 3.34. The number of amides is 1. The Balaban J connectivity index is 2.06. The number of rotatable bonds is 9. The van der Waals surface area contributed by atoms with Crippen LogP contribution < -0.4 is 14.8 Å². The third-order valence-electron chi connectivity index (χ3n) is 4.51. The first-order valence-corrected chi connectivity index (χ1v) is 9.53. The van der Waals surface area contributed by atoms with Gasteiger partial charge >= 0.3 is 0 Å². The van der Waals surface area contributed by atoms with Crippen LogP contribution in [-0.4, -0.2) is 50.7 Å². The number of carbonyl (C=O) groups is 1. The summed E-state index contributed by atoms with van der Waals surface area (Å²) in [5, 5.41) is 3.23. The Morgan fingerprint density at radius 1 is 1.12 bits per heavy atom. The Labute approximate surface area is 151 Å². The van der Waals surface area contributed by atoms with Crippen LogP contribution in [0.5, 0.6) is 11.5 Å². The normalized spacial score (nSPS) is 15.2. The molecule has 5 heteroatoms. The van der Waals surface area contributed by atoms with E-state index in [2.05, 4.69) is 19.2 Å². The maximum atomic E-state index is 12.8. The lowest BCUT2D eigenvalue weighted by molar-refractivity contribution is 0.0690. The van der Waals surface area contributed by atoms with Gasteiger partial charge in [0.1, 0.15) is 0 Å². The molecular weight excluding hydrogens is 316 g/mol. The molecule has 0 spiro atoms. The topological polar surface area (TPSA) is 50.8 Å². The monoisotopic (exact) mass is 348 g/mol. The van der Waals surface area contributed by atoms with E-state index in [1.54, 1.807) is 0 Å². The summed E-state index contributed by atoms with van der Waals surface area (Å²) in [6, 6.07) is 5.55. The molecule has 1 aliphatic heterocycles. The Morgan fingerprint density at radius 3 is 2.36 bits per heavy atom. The molecule has 1 heterocycles. The maximum absolute atomic E-state index is 12.8. The zero-order valence-corrected chi connectivity index (χ0v) is 15.8. The van der Waals surface area contributed by atoms with Crippen LogP contribution in [0.1, 0.15) is 49.9 Å². The largest absolute Gasteiger partial charge is 0.490 e. The van der Waals surface area contributed by atoms with Crippen LogP contribution >= 0.6 is 0 Å². The number of ether oxygens (including phenoxy) is 2. The molecule has 25 heavy (non-hydrogen) atoms. The fourth-order valence-electron chi connectivity index (χ4n) is 3.11. The minimum absolute atomic E-state index is 0.0892. The molecule has 1 fully saturated rings.